The molecule has 0 aromatic rings. The van der Waals surface area contributed by atoms with E-state index in [4.69, 9.17) is 0 Å². The van der Waals surface area contributed by atoms with Crippen LogP contribution in [0.25, 0.3) is 0 Å². The number of hydrogen-bond acceptors (Lipinski definition) is 2. The molecule has 0 rings (SSSR count). The van der Waals surface area contributed by atoms with Gasteiger partial charge in [0, 0.05) is 6.21 Å². The fourth-order valence-electron chi connectivity index (χ4n) is 0.223. The summed E-state index contributed by atoms with van der Waals surface area (Å²) in [5.41, 5.74) is 3.91. The van der Waals surface area contributed by atoms with E-state index in [2.05, 4.69) is 36.6 Å². The number of nitrogens with one attached hydrogen (secondary N) is 1. The van der Waals surface area contributed by atoms with Gasteiger partial charge in [0.1, 0.15) is 0 Å². The molecule has 0 saturated carbocycles. The molecule has 3 heteroatoms. The van der Waals surface area contributed by atoms with Crippen LogP contribution in [0.5, 0.6) is 0 Å². The first kappa shape index (κ1) is 7.56. The quantitative estimate of drug-likeness (QED) is 0.352. The van der Waals surface area contributed by atoms with Crippen LogP contribution in [-0.2, 0) is 0 Å². The first-order chi connectivity index (χ1) is 3.77. The second-order valence-electron chi connectivity index (χ2n) is 1.77. The standard InChI is InChI=1S/C5H10N2S/c1-5(2)3-6-7-4-8/h3-5H,1-2H3,(H,7,8)/b6-3-. The van der Waals surface area contributed by atoms with E-state index in [-0.39, 0.29) is 0 Å². The molecule has 0 heterocycles. The van der Waals surface area contributed by atoms with E-state index < -0.39 is 0 Å². The van der Waals surface area contributed by atoms with Crippen LogP contribution in [0.15, 0.2) is 5.10 Å². The van der Waals surface area contributed by atoms with Crippen LogP contribution in [-0.4, -0.2) is 11.7 Å². The second kappa shape index (κ2) is 4.71. The lowest BCUT2D eigenvalue weighted by atomic mass is 10.3. The Morgan fingerprint density at radius 2 is 2.25 bits per heavy atom. The molecule has 0 spiro atoms. The summed E-state index contributed by atoms with van der Waals surface area (Å²) in [4.78, 5) is 0. The highest BCUT2D eigenvalue weighted by Crippen LogP contribution is 1.81. The summed E-state index contributed by atoms with van der Waals surface area (Å²) >= 11 is 4.45. The summed E-state index contributed by atoms with van der Waals surface area (Å²) in [6.07, 6.45) is 1.79. The zero-order valence-corrected chi connectivity index (χ0v) is 5.90. The predicted molar refractivity (Wildman–Crippen MR) is 40.1 cm³/mol. The molecule has 0 saturated heterocycles. The summed E-state index contributed by atoms with van der Waals surface area (Å²) in [6, 6.07) is 0. The highest BCUT2D eigenvalue weighted by Gasteiger charge is 1.80. The molecule has 0 aromatic heterocycles. The maximum absolute atomic E-state index is 4.45. The smallest absolute Gasteiger partial charge is 0.0829 e. The molecule has 0 amide bonds. The van der Waals surface area contributed by atoms with Crippen LogP contribution in [0.3, 0.4) is 0 Å². The maximum Gasteiger partial charge on any atom is 0.0829 e. The van der Waals surface area contributed by atoms with Crippen molar-refractivity contribution >= 4 is 23.9 Å². The number of hydrogen-bond donors (Lipinski definition) is 1. The minimum Gasteiger partial charge on any atom is -0.275 e. The van der Waals surface area contributed by atoms with Gasteiger partial charge in [-0.3, -0.25) is 5.43 Å². The average Bonchev–Trinajstić information content (AvgIpc) is 1.66. The van der Waals surface area contributed by atoms with E-state index in [1.165, 1.54) is 5.49 Å². The minimum absolute atomic E-state index is 0.484. The molecule has 0 radical (unpaired) electrons. The van der Waals surface area contributed by atoms with E-state index in [0.29, 0.717) is 5.92 Å². The van der Waals surface area contributed by atoms with Crippen molar-refractivity contribution in [3.05, 3.63) is 0 Å². The molecule has 0 aliphatic carbocycles. The zero-order valence-electron chi connectivity index (χ0n) is 5.09. The predicted octanol–water partition coefficient (Wildman–Crippen LogP) is 1.18. The van der Waals surface area contributed by atoms with Crippen LogP contribution in [0, 0.1) is 5.92 Å². The van der Waals surface area contributed by atoms with Crippen molar-refractivity contribution in [2.24, 2.45) is 11.0 Å². The third-order valence-corrected chi connectivity index (χ3v) is 0.605. The molecule has 0 unspecified atom stereocenters. The van der Waals surface area contributed by atoms with Crippen molar-refractivity contribution in [2.45, 2.75) is 13.8 Å². The monoisotopic (exact) mass is 130 g/mol. The molecule has 0 aliphatic rings. The second-order valence-corrected chi connectivity index (χ2v) is 2.00. The Morgan fingerprint density at radius 3 is 2.62 bits per heavy atom. The van der Waals surface area contributed by atoms with Crippen LogP contribution in [0.4, 0.5) is 0 Å². The molecule has 0 fully saturated rings. The lowest BCUT2D eigenvalue weighted by molar-refractivity contribution is 0.888. The first-order valence-corrected chi connectivity index (χ1v) is 2.97. The molecular formula is C5H10N2S. The number of thiocarbonyl (C=S) groups is 1. The Balaban J connectivity index is 3.19. The molecule has 0 aromatic carbocycles. The van der Waals surface area contributed by atoms with Gasteiger partial charge in [0.15, 0.2) is 0 Å². The van der Waals surface area contributed by atoms with Crippen molar-refractivity contribution in [2.75, 3.05) is 0 Å². The largest absolute Gasteiger partial charge is 0.275 e. The Hall–Kier alpha value is -0.440. The summed E-state index contributed by atoms with van der Waals surface area (Å²) < 4.78 is 0. The molecule has 0 aliphatic heterocycles. The number of rotatable bonds is 3. The number of nitrogens with zero attached hydrogens (tertiary/aromatic N) is 1. The van der Waals surface area contributed by atoms with Gasteiger partial charge in [-0.15, -0.1) is 0 Å². The number of hydrazone groups is 1. The summed E-state index contributed by atoms with van der Waals surface area (Å²) in [7, 11) is 0. The van der Waals surface area contributed by atoms with Crippen molar-refractivity contribution in [3.63, 3.8) is 0 Å². The lowest BCUT2D eigenvalue weighted by Gasteiger charge is -1.90. The van der Waals surface area contributed by atoms with Crippen LogP contribution in [0.1, 0.15) is 13.8 Å². The van der Waals surface area contributed by atoms with Crippen molar-refractivity contribution in [1.29, 1.82) is 0 Å². The van der Waals surface area contributed by atoms with E-state index >= 15 is 0 Å². The average molecular weight is 130 g/mol. The van der Waals surface area contributed by atoms with Gasteiger partial charge >= 0.3 is 0 Å². The Morgan fingerprint density at radius 1 is 1.62 bits per heavy atom. The van der Waals surface area contributed by atoms with E-state index in [0.717, 1.165) is 0 Å². The van der Waals surface area contributed by atoms with Gasteiger partial charge in [0.25, 0.3) is 0 Å². The zero-order chi connectivity index (χ0) is 6.41. The van der Waals surface area contributed by atoms with E-state index in [1.54, 1.807) is 6.21 Å². The van der Waals surface area contributed by atoms with Gasteiger partial charge < -0.3 is 0 Å². The SMILES string of the molecule is CC(C)/C=N\NC=S. The topological polar surface area (TPSA) is 24.4 Å². The molecule has 1 N–H and O–H groups in total. The Bertz CT molecular complexity index is 88.4. The van der Waals surface area contributed by atoms with Crippen molar-refractivity contribution in [3.8, 4) is 0 Å². The molecule has 46 valence electrons. The van der Waals surface area contributed by atoms with Gasteiger partial charge in [-0.05, 0) is 5.92 Å². The van der Waals surface area contributed by atoms with Gasteiger partial charge in [-0.1, -0.05) is 26.1 Å². The van der Waals surface area contributed by atoms with Gasteiger partial charge in [-0.25, -0.2) is 0 Å². The van der Waals surface area contributed by atoms with Crippen LogP contribution in [0.2, 0.25) is 0 Å². The highest BCUT2D eigenvalue weighted by molar-refractivity contribution is 7.78. The fourth-order valence-corrected chi connectivity index (χ4v) is 0.283. The minimum atomic E-state index is 0.484. The van der Waals surface area contributed by atoms with E-state index in [1.807, 2.05) is 0 Å². The lowest BCUT2D eigenvalue weighted by Crippen LogP contribution is -2.00. The molecule has 0 atom stereocenters. The van der Waals surface area contributed by atoms with Crippen LogP contribution >= 0.6 is 12.2 Å². The van der Waals surface area contributed by atoms with Gasteiger partial charge in [-0.2, -0.15) is 5.10 Å². The molecule has 8 heavy (non-hydrogen) atoms. The third kappa shape index (κ3) is 5.56. The molecule has 0 bridgehead atoms. The third-order valence-electron chi connectivity index (χ3n) is 0.500. The normalized spacial score (nSPS) is 10.4. The van der Waals surface area contributed by atoms with Gasteiger partial charge in [0.05, 0.1) is 5.49 Å². The van der Waals surface area contributed by atoms with Crippen molar-refractivity contribution in [1.82, 2.24) is 5.43 Å². The molecular weight excluding hydrogens is 120 g/mol. The molecule has 2 nitrogen and oxygen atoms in total. The highest BCUT2D eigenvalue weighted by atomic mass is 32.1. The van der Waals surface area contributed by atoms with Gasteiger partial charge in [0.2, 0.25) is 0 Å². The Labute approximate surface area is 55.0 Å². The fraction of sp³-hybridized carbons (Fsp3) is 0.600. The summed E-state index contributed by atoms with van der Waals surface area (Å²) in [6.45, 7) is 4.10. The summed E-state index contributed by atoms with van der Waals surface area (Å²) in [5.74, 6) is 0.484. The van der Waals surface area contributed by atoms with E-state index in [9.17, 15) is 0 Å². The van der Waals surface area contributed by atoms with Crippen molar-refractivity contribution < 1.29 is 0 Å². The van der Waals surface area contributed by atoms with Crippen LogP contribution < -0.4 is 5.43 Å². The Kier molecular flexibility index (Phi) is 4.45. The maximum atomic E-state index is 4.45. The summed E-state index contributed by atoms with van der Waals surface area (Å²) in [5, 5.41) is 3.75. The first-order valence-electron chi connectivity index (χ1n) is 2.49.